The van der Waals surface area contributed by atoms with Crippen LogP contribution in [0.25, 0.3) is 0 Å². The first kappa shape index (κ1) is 13.2. The van der Waals surface area contributed by atoms with Crippen molar-refractivity contribution in [1.82, 2.24) is 10.2 Å². The third kappa shape index (κ3) is 2.22. The molecule has 1 aromatic carbocycles. The van der Waals surface area contributed by atoms with E-state index >= 15 is 0 Å². The summed E-state index contributed by atoms with van der Waals surface area (Å²) in [5.41, 5.74) is 2.41. The van der Waals surface area contributed by atoms with E-state index in [1.807, 2.05) is 17.0 Å². The molecule has 0 atom stereocenters. The Labute approximate surface area is 118 Å². The summed E-state index contributed by atoms with van der Waals surface area (Å²) < 4.78 is 10.7. The summed E-state index contributed by atoms with van der Waals surface area (Å²) in [6.07, 6.45) is 0.877. The number of benzene rings is 1. The van der Waals surface area contributed by atoms with Crippen LogP contribution in [0.5, 0.6) is 11.5 Å². The number of methoxy groups -OCH3 is 2. The molecule has 2 heterocycles. The molecule has 2 aliphatic heterocycles. The summed E-state index contributed by atoms with van der Waals surface area (Å²) in [6.45, 7) is 3.09. The van der Waals surface area contributed by atoms with Gasteiger partial charge in [-0.15, -0.1) is 0 Å². The zero-order chi connectivity index (χ0) is 14.1. The van der Waals surface area contributed by atoms with Crippen molar-refractivity contribution >= 4 is 5.91 Å². The number of carbonyl (C=O) groups excluding carboxylic acids is 1. The molecule has 1 amide bonds. The van der Waals surface area contributed by atoms with Gasteiger partial charge in [-0.25, -0.2) is 0 Å². The van der Waals surface area contributed by atoms with Gasteiger partial charge in [0.05, 0.1) is 20.1 Å². The molecule has 20 heavy (non-hydrogen) atoms. The Morgan fingerprint density at radius 1 is 1.20 bits per heavy atom. The second-order valence-corrected chi connectivity index (χ2v) is 5.34. The van der Waals surface area contributed by atoms with E-state index in [0.29, 0.717) is 6.54 Å². The molecule has 1 aromatic rings. The molecule has 5 nitrogen and oxygen atoms in total. The van der Waals surface area contributed by atoms with Gasteiger partial charge in [0, 0.05) is 26.2 Å². The molecule has 5 heteroatoms. The number of carbonyl (C=O) groups is 1. The van der Waals surface area contributed by atoms with Crippen LogP contribution < -0.4 is 14.8 Å². The van der Waals surface area contributed by atoms with Crippen LogP contribution in [0.1, 0.15) is 11.1 Å². The number of nitrogens with one attached hydrogen (secondary N) is 1. The minimum Gasteiger partial charge on any atom is -0.493 e. The molecular weight excluding hydrogens is 256 g/mol. The molecule has 0 unspecified atom stereocenters. The summed E-state index contributed by atoms with van der Waals surface area (Å²) in [5.74, 6) is 1.92. The van der Waals surface area contributed by atoms with Gasteiger partial charge < -0.3 is 19.7 Å². The molecule has 0 spiro atoms. The monoisotopic (exact) mass is 276 g/mol. The van der Waals surface area contributed by atoms with Gasteiger partial charge in [-0.3, -0.25) is 4.79 Å². The molecule has 2 aliphatic rings. The third-order valence-corrected chi connectivity index (χ3v) is 4.16. The topological polar surface area (TPSA) is 50.8 Å². The highest BCUT2D eigenvalue weighted by atomic mass is 16.5. The summed E-state index contributed by atoms with van der Waals surface area (Å²) in [4.78, 5) is 14.3. The molecule has 0 aliphatic carbocycles. The van der Waals surface area contributed by atoms with Crippen molar-refractivity contribution in [1.29, 1.82) is 0 Å². The average molecular weight is 276 g/mol. The highest BCUT2D eigenvalue weighted by molar-refractivity contribution is 5.80. The van der Waals surface area contributed by atoms with Gasteiger partial charge in [0.25, 0.3) is 0 Å². The molecule has 1 saturated heterocycles. The largest absolute Gasteiger partial charge is 0.493 e. The Balaban J connectivity index is 1.81. The maximum absolute atomic E-state index is 12.3. The quantitative estimate of drug-likeness (QED) is 0.887. The highest BCUT2D eigenvalue weighted by Crippen LogP contribution is 2.33. The molecule has 1 fully saturated rings. The van der Waals surface area contributed by atoms with Crippen LogP contribution in [0.3, 0.4) is 0 Å². The number of hydrogen-bond donors (Lipinski definition) is 1. The van der Waals surface area contributed by atoms with Crippen molar-refractivity contribution in [2.24, 2.45) is 5.92 Å². The fourth-order valence-corrected chi connectivity index (χ4v) is 2.79. The lowest BCUT2D eigenvalue weighted by Crippen LogP contribution is -2.52. The summed E-state index contributed by atoms with van der Waals surface area (Å²) >= 11 is 0. The van der Waals surface area contributed by atoms with Crippen LogP contribution in [0.4, 0.5) is 0 Å². The zero-order valence-corrected chi connectivity index (χ0v) is 11.9. The molecule has 1 N–H and O–H groups in total. The number of amides is 1. The lowest BCUT2D eigenvalue weighted by Gasteiger charge is -2.35. The average Bonchev–Trinajstić information content (AvgIpc) is 2.43. The second kappa shape index (κ2) is 5.32. The lowest BCUT2D eigenvalue weighted by atomic mass is 9.95. The van der Waals surface area contributed by atoms with Crippen molar-refractivity contribution in [2.45, 2.75) is 13.0 Å². The first-order chi connectivity index (χ1) is 9.72. The molecular formula is C15H20N2O3. The molecule has 0 saturated carbocycles. The van der Waals surface area contributed by atoms with E-state index in [1.54, 1.807) is 14.2 Å². The normalized spacial score (nSPS) is 18.2. The number of ether oxygens (including phenoxy) is 2. The zero-order valence-electron chi connectivity index (χ0n) is 11.9. The van der Waals surface area contributed by atoms with Crippen molar-refractivity contribution < 1.29 is 14.3 Å². The maximum atomic E-state index is 12.3. The Hall–Kier alpha value is -1.75. The van der Waals surface area contributed by atoms with Gasteiger partial charge in [0.2, 0.25) is 5.91 Å². The van der Waals surface area contributed by atoms with Crippen molar-refractivity contribution in [3.05, 3.63) is 23.3 Å². The Morgan fingerprint density at radius 2 is 1.85 bits per heavy atom. The van der Waals surface area contributed by atoms with Crippen LogP contribution in [0.15, 0.2) is 12.1 Å². The number of rotatable bonds is 3. The number of hydrogen-bond acceptors (Lipinski definition) is 4. The van der Waals surface area contributed by atoms with E-state index in [4.69, 9.17) is 9.47 Å². The molecule has 0 bridgehead atoms. The van der Waals surface area contributed by atoms with E-state index < -0.39 is 0 Å². The first-order valence-electron chi connectivity index (χ1n) is 6.96. The van der Waals surface area contributed by atoms with Gasteiger partial charge in [-0.05, 0) is 29.7 Å². The predicted molar refractivity (Wildman–Crippen MR) is 75.0 cm³/mol. The standard InChI is InChI=1S/C15H20N2O3/c1-19-13-5-10-3-4-17(15(18)12-7-16-8-12)9-11(10)6-14(13)20-2/h5-6,12,16H,3-4,7-9H2,1-2H3. The Bertz CT molecular complexity index is 526. The SMILES string of the molecule is COc1cc2c(cc1OC)CN(C(=O)C1CNC1)CC2. The molecule has 0 aromatic heterocycles. The smallest absolute Gasteiger partial charge is 0.228 e. The lowest BCUT2D eigenvalue weighted by molar-refractivity contribution is -0.138. The second-order valence-electron chi connectivity index (χ2n) is 5.34. The fourth-order valence-electron chi connectivity index (χ4n) is 2.79. The Kier molecular flexibility index (Phi) is 3.53. The Morgan fingerprint density at radius 3 is 2.40 bits per heavy atom. The van der Waals surface area contributed by atoms with E-state index in [1.165, 1.54) is 5.56 Å². The van der Waals surface area contributed by atoms with Gasteiger partial charge in [-0.2, -0.15) is 0 Å². The maximum Gasteiger partial charge on any atom is 0.228 e. The van der Waals surface area contributed by atoms with Crippen LogP contribution >= 0.6 is 0 Å². The van der Waals surface area contributed by atoms with Crippen molar-refractivity contribution in [3.8, 4) is 11.5 Å². The fraction of sp³-hybridized carbons (Fsp3) is 0.533. The summed E-state index contributed by atoms with van der Waals surface area (Å²) in [5, 5.41) is 3.15. The first-order valence-corrected chi connectivity index (χ1v) is 6.96. The van der Waals surface area contributed by atoms with E-state index in [2.05, 4.69) is 5.32 Å². The molecule has 108 valence electrons. The number of nitrogens with zero attached hydrogens (tertiary/aromatic N) is 1. The van der Waals surface area contributed by atoms with E-state index in [9.17, 15) is 4.79 Å². The molecule has 0 radical (unpaired) electrons. The minimum atomic E-state index is 0.164. The predicted octanol–water partition coefficient (Wildman–Crippen LogP) is 0.808. The van der Waals surface area contributed by atoms with Gasteiger partial charge in [0.1, 0.15) is 0 Å². The van der Waals surface area contributed by atoms with Crippen molar-refractivity contribution in [3.63, 3.8) is 0 Å². The van der Waals surface area contributed by atoms with Crippen LogP contribution in [0, 0.1) is 5.92 Å². The van der Waals surface area contributed by atoms with Crippen LogP contribution in [-0.2, 0) is 17.8 Å². The van der Waals surface area contributed by atoms with E-state index in [0.717, 1.165) is 43.1 Å². The molecule has 3 rings (SSSR count). The van der Waals surface area contributed by atoms with Crippen LogP contribution in [0.2, 0.25) is 0 Å². The van der Waals surface area contributed by atoms with Gasteiger partial charge in [0.15, 0.2) is 11.5 Å². The number of fused-ring (bicyclic) bond motifs is 1. The third-order valence-electron chi connectivity index (χ3n) is 4.16. The summed E-state index contributed by atoms with van der Waals surface area (Å²) in [7, 11) is 3.28. The van der Waals surface area contributed by atoms with Gasteiger partial charge >= 0.3 is 0 Å². The summed E-state index contributed by atoms with van der Waals surface area (Å²) in [6, 6.07) is 4.02. The minimum absolute atomic E-state index is 0.164. The van der Waals surface area contributed by atoms with E-state index in [-0.39, 0.29) is 11.8 Å². The van der Waals surface area contributed by atoms with Gasteiger partial charge in [-0.1, -0.05) is 0 Å². The van der Waals surface area contributed by atoms with Crippen LogP contribution in [-0.4, -0.2) is 44.7 Å². The highest BCUT2D eigenvalue weighted by Gasteiger charge is 2.31. The van der Waals surface area contributed by atoms with Crippen molar-refractivity contribution in [2.75, 3.05) is 33.9 Å².